The SMILES string of the molecule is COc1ccc(S(=O)(=O)N(CC(=O)N(Cc2ccccc2)[C@@H](Cc2ccccc2)C(=O)NC2CCCC2)c2ccc(Cl)cc2)cc1. The zero-order valence-corrected chi connectivity index (χ0v) is 27.3. The molecule has 0 aromatic heterocycles. The van der Waals surface area contributed by atoms with Crippen molar-refractivity contribution in [3.05, 3.63) is 125 Å². The molecular formula is C36H38ClN3O5S. The zero-order valence-electron chi connectivity index (χ0n) is 25.7. The van der Waals surface area contributed by atoms with Crippen molar-refractivity contribution in [1.29, 1.82) is 0 Å². The molecule has 5 rings (SSSR count). The lowest BCUT2D eigenvalue weighted by Gasteiger charge is -2.34. The zero-order chi connectivity index (χ0) is 32.5. The predicted molar refractivity (Wildman–Crippen MR) is 180 cm³/mol. The highest BCUT2D eigenvalue weighted by Gasteiger charge is 2.35. The lowest BCUT2D eigenvalue weighted by molar-refractivity contribution is -0.140. The first-order valence-corrected chi connectivity index (χ1v) is 17.2. The third kappa shape index (κ3) is 8.27. The minimum absolute atomic E-state index is 0.00882. The maximum atomic E-state index is 14.5. The molecular weight excluding hydrogens is 622 g/mol. The van der Waals surface area contributed by atoms with Gasteiger partial charge in [0.1, 0.15) is 18.3 Å². The summed E-state index contributed by atoms with van der Waals surface area (Å²) in [4.78, 5) is 30.1. The number of ether oxygens (including phenoxy) is 1. The molecule has 1 aliphatic rings. The Labute approximate surface area is 276 Å². The molecule has 0 aliphatic heterocycles. The number of nitrogens with one attached hydrogen (secondary N) is 1. The Balaban J connectivity index is 1.54. The second kappa shape index (κ2) is 15.3. The van der Waals surface area contributed by atoms with Crippen LogP contribution in [0.15, 0.2) is 114 Å². The van der Waals surface area contributed by atoms with E-state index >= 15 is 0 Å². The number of carbonyl (C=O) groups excluding carboxylic acids is 2. The molecule has 2 amide bonds. The average Bonchev–Trinajstić information content (AvgIpc) is 3.59. The van der Waals surface area contributed by atoms with Crippen molar-refractivity contribution in [3.8, 4) is 5.75 Å². The molecule has 1 saturated carbocycles. The first kappa shape index (κ1) is 33.0. The van der Waals surface area contributed by atoms with Crippen LogP contribution in [-0.4, -0.2) is 50.9 Å². The van der Waals surface area contributed by atoms with Gasteiger partial charge in [-0.05, 0) is 72.5 Å². The molecule has 0 saturated heterocycles. The summed E-state index contributed by atoms with van der Waals surface area (Å²) in [6, 6.07) is 30.4. The maximum Gasteiger partial charge on any atom is 0.264 e. The minimum atomic E-state index is -4.23. The van der Waals surface area contributed by atoms with Crippen molar-refractivity contribution in [2.45, 2.75) is 55.6 Å². The molecule has 4 aromatic carbocycles. The lowest BCUT2D eigenvalue weighted by Crippen LogP contribution is -2.54. The Kier molecular flexibility index (Phi) is 11.0. The van der Waals surface area contributed by atoms with Gasteiger partial charge in [0.25, 0.3) is 10.0 Å². The highest BCUT2D eigenvalue weighted by Crippen LogP contribution is 2.28. The summed E-state index contributed by atoms with van der Waals surface area (Å²) in [5.41, 5.74) is 1.97. The number of amides is 2. The molecule has 46 heavy (non-hydrogen) atoms. The molecule has 4 aromatic rings. The van der Waals surface area contributed by atoms with Crippen LogP contribution in [0.25, 0.3) is 0 Å². The molecule has 8 nitrogen and oxygen atoms in total. The molecule has 1 atom stereocenters. The molecule has 0 unspecified atom stereocenters. The summed E-state index contributed by atoms with van der Waals surface area (Å²) in [6.45, 7) is -0.420. The molecule has 0 radical (unpaired) electrons. The summed E-state index contributed by atoms with van der Waals surface area (Å²) in [5.74, 6) is -0.270. The standard InChI is InChI=1S/C36H38ClN3O5S/c1-45-32-20-22-33(23-21-32)46(43,44)40(31-18-16-29(37)17-19-31)26-35(41)39(25-28-12-6-3-7-13-28)34(24-27-10-4-2-5-11-27)36(42)38-30-14-8-9-15-30/h2-7,10-13,16-23,30,34H,8-9,14-15,24-26H2,1H3,(H,38,42)/t34-/m0/s1. The van der Waals surface area contributed by atoms with Gasteiger partial charge >= 0.3 is 0 Å². The number of sulfonamides is 1. The van der Waals surface area contributed by atoms with E-state index < -0.39 is 28.5 Å². The van der Waals surface area contributed by atoms with Crippen LogP contribution in [0.4, 0.5) is 5.69 Å². The van der Waals surface area contributed by atoms with Gasteiger partial charge in [0.15, 0.2) is 0 Å². The second-order valence-corrected chi connectivity index (χ2v) is 13.7. The molecule has 1 aliphatic carbocycles. The van der Waals surface area contributed by atoms with Gasteiger partial charge in [0.05, 0.1) is 17.7 Å². The highest BCUT2D eigenvalue weighted by molar-refractivity contribution is 7.92. The van der Waals surface area contributed by atoms with Gasteiger partial charge in [-0.25, -0.2) is 8.42 Å². The summed E-state index contributed by atoms with van der Waals surface area (Å²) < 4.78 is 34.6. The molecule has 1 N–H and O–H groups in total. The van der Waals surface area contributed by atoms with Crippen LogP contribution >= 0.6 is 11.6 Å². The Hall–Kier alpha value is -4.34. The fourth-order valence-electron chi connectivity index (χ4n) is 5.71. The molecule has 0 spiro atoms. The average molecular weight is 660 g/mol. The van der Waals surface area contributed by atoms with E-state index in [9.17, 15) is 18.0 Å². The topological polar surface area (TPSA) is 96.0 Å². The third-order valence-corrected chi connectivity index (χ3v) is 10.2. The summed E-state index contributed by atoms with van der Waals surface area (Å²) in [7, 11) is -2.73. The normalized spacial score (nSPS) is 14.0. The van der Waals surface area contributed by atoms with Gasteiger partial charge in [-0.15, -0.1) is 0 Å². The second-order valence-electron chi connectivity index (χ2n) is 11.4. The van der Waals surface area contributed by atoms with E-state index in [1.54, 1.807) is 36.4 Å². The first-order chi connectivity index (χ1) is 22.2. The van der Waals surface area contributed by atoms with Crippen LogP contribution in [0, 0.1) is 0 Å². The van der Waals surface area contributed by atoms with E-state index in [1.807, 2.05) is 60.7 Å². The smallest absolute Gasteiger partial charge is 0.264 e. The molecule has 0 heterocycles. The molecule has 240 valence electrons. The number of carbonyl (C=O) groups is 2. The van der Waals surface area contributed by atoms with Crippen LogP contribution in [0.1, 0.15) is 36.8 Å². The first-order valence-electron chi connectivity index (χ1n) is 15.3. The van der Waals surface area contributed by atoms with Gasteiger partial charge in [-0.1, -0.05) is 85.1 Å². The van der Waals surface area contributed by atoms with E-state index in [0.717, 1.165) is 41.1 Å². The Morgan fingerprint density at radius 3 is 2.02 bits per heavy atom. The number of hydrogen-bond acceptors (Lipinski definition) is 5. The van der Waals surface area contributed by atoms with Crippen molar-refractivity contribution in [1.82, 2.24) is 10.2 Å². The summed E-state index contributed by atoms with van der Waals surface area (Å²) in [6.07, 6.45) is 4.13. The fourth-order valence-corrected chi connectivity index (χ4v) is 7.25. The Morgan fingerprint density at radius 1 is 0.848 bits per heavy atom. The number of anilines is 1. The van der Waals surface area contributed by atoms with Crippen LogP contribution in [0.5, 0.6) is 5.75 Å². The largest absolute Gasteiger partial charge is 0.497 e. The van der Waals surface area contributed by atoms with Crippen LogP contribution in [-0.2, 0) is 32.6 Å². The lowest BCUT2D eigenvalue weighted by atomic mass is 10.0. The number of methoxy groups -OCH3 is 1. The van der Waals surface area contributed by atoms with E-state index in [4.69, 9.17) is 16.3 Å². The van der Waals surface area contributed by atoms with Crippen molar-refractivity contribution in [2.24, 2.45) is 0 Å². The van der Waals surface area contributed by atoms with E-state index in [0.29, 0.717) is 10.8 Å². The van der Waals surface area contributed by atoms with Crippen molar-refractivity contribution in [2.75, 3.05) is 18.0 Å². The van der Waals surface area contributed by atoms with Gasteiger partial charge in [0, 0.05) is 24.0 Å². The summed E-state index contributed by atoms with van der Waals surface area (Å²) in [5, 5.41) is 3.61. The van der Waals surface area contributed by atoms with Crippen molar-refractivity contribution in [3.63, 3.8) is 0 Å². The molecule has 10 heteroatoms. The van der Waals surface area contributed by atoms with Gasteiger partial charge in [-0.2, -0.15) is 0 Å². The number of hydrogen-bond donors (Lipinski definition) is 1. The van der Waals surface area contributed by atoms with Gasteiger partial charge < -0.3 is 15.0 Å². The predicted octanol–water partition coefficient (Wildman–Crippen LogP) is 6.24. The molecule has 0 bridgehead atoms. The number of nitrogens with zero attached hydrogens (tertiary/aromatic N) is 2. The van der Waals surface area contributed by atoms with Crippen LogP contribution in [0.3, 0.4) is 0 Å². The summed E-state index contributed by atoms with van der Waals surface area (Å²) >= 11 is 6.15. The maximum absolute atomic E-state index is 14.5. The number of benzene rings is 4. The monoisotopic (exact) mass is 659 g/mol. The van der Waals surface area contributed by atoms with Crippen molar-refractivity contribution < 1.29 is 22.7 Å². The minimum Gasteiger partial charge on any atom is -0.497 e. The fraction of sp³-hybridized carbons (Fsp3) is 0.278. The van der Waals surface area contributed by atoms with Crippen molar-refractivity contribution >= 4 is 39.1 Å². The highest BCUT2D eigenvalue weighted by atomic mass is 35.5. The van der Waals surface area contributed by atoms with Crippen LogP contribution < -0.4 is 14.4 Å². The van der Waals surface area contributed by atoms with Gasteiger partial charge in [-0.3, -0.25) is 13.9 Å². The van der Waals surface area contributed by atoms with E-state index in [1.165, 1.54) is 24.1 Å². The van der Waals surface area contributed by atoms with E-state index in [-0.39, 0.29) is 35.5 Å². The third-order valence-electron chi connectivity index (χ3n) is 8.21. The quantitative estimate of drug-likeness (QED) is 0.183. The number of rotatable bonds is 13. The molecule has 1 fully saturated rings. The Bertz CT molecular complexity index is 1700. The van der Waals surface area contributed by atoms with Crippen LogP contribution in [0.2, 0.25) is 5.02 Å². The Morgan fingerprint density at radius 2 is 1.43 bits per heavy atom. The van der Waals surface area contributed by atoms with E-state index in [2.05, 4.69) is 5.32 Å². The van der Waals surface area contributed by atoms with Gasteiger partial charge in [0.2, 0.25) is 11.8 Å². The number of halogens is 1.